The first-order valence-electron chi connectivity index (χ1n) is 8.55. The largest absolute Gasteiger partial charge is 0.476 e. The number of carbonyl (C=O) groups is 3. The quantitative estimate of drug-likeness (QED) is 0.571. The van der Waals surface area contributed by atoms with E-state index in [1.54, 1.807) is 54.3 Å². The Morgan fingerprint density at radius 2 is 1.75 bits per heavy atom. The van der Waals surface area contributed by atoms with Crippen LogP contribution in [-0.4, -0.2) is 36.1 Å². The Balaban J connectivity index is 1.99. The molecule has 0 aromatic heterocycles. The van der Waals surface area contributed by atoms with Gasteiger partial charge in [-0.2, -0.15) is 0 Å². The number of fused-ring (bicyclic) bond motifs is 1. The minimum atomic E-state index is -1.30. The molecule has 0 radical (unpaired) electrons. The second-order valence-corrected chi connectivity index (χ2v) is 6.80. The van der Waals surface area contributed by atoms with Gasteiger partial charge in [0.05, 0.1) is 12.3 Å². The summed E-state index contributed by atoms with van der Waals surface area (Å²) < 4.78 is 5.01. The maximum absolute atomic E-state index is 12.5. The summed E-state index contributed by atoms with van der Waals surface area (Å²) in [6, 6.07) is 15.5. The van der Waals surface area contributed by atoms with Gasteiger partial charge in [0, 0.05) is 10.5 Å². The Hall–Kier alpha value is -3.26. The lowest BCUT2D eigenvalue weighted by Crippen LogP contribution is -2.34. The summed E-state index contributed by atoms with van der Waals surface area (Å²) in [7, 11) is 0. The number of para-hydroxylation sites is 1. The van der Waals surface area contributed by atoms with Crippen LogP contribution in [0.2, 0.25) is 0 Å². The second-order valence-electron chi connectivity index (χ2n) is 5.77. The van der Waals surface area contributed by atoms with Crippen molar-refractivity contribution in [1.82, 2.24) is 5.32 Å². The highest BCUT2D eigenvalue weighted by Crippen LogP contribution is 2.46. The first kappa shape index (κ1) is 19.5. The SMILES string of the molecule is CCOC(=O)CN1/C(=C(/NC(=O)c2ccccc2)C(=O)O)Sc2ccccc21. The number of esters is 1. The number of nitrogens with zero attached hydrogens (tertiary/aromatic N) is 1. The van der Waals surface area contributed by atoms with Crippen LogP contribution in [0.3, 0.4) is 0 Å². The van der Waals surface area contributed by atoms with E-state index in [-0.39, 0.29) is 23.9 Å². The van der Waals surface area contributed by atoms with Gasteiger partial charge >= 0.3 is 11.9 Å². The third-order valence-corrected chi connectivity index (χ3v) is 5.09. The molecule has 144 valence electrons. The molecule has 1 heterocycles. The number of amides is 1. The van der Waals surface area contributed by atoms with Gasteiger partial charge in [-0.3, -0.25) is 9.59 Å². The molecule has 2 aromatic rings. The van der Waals surface area contributed by atoms with Crippen molar-refractivity contribution in [3.8, 4) is 0 Å². The molecule has 0 saturated carbocycles. The Morgan fingerprint density at radius 1 is 1.07 bits per heavy atom. The lowest BCUT2D eigenvalue weighted by Gasteiger charge is -2.21. The van der Waals surface area contributed by atoms with Gasteiger partial charge in [-0.1, -0.05) is 42.1 Å². The highest BCUT2D eigenvalue weighted by atomic mass is 32.2. The van der Waals surface area contributed by atoms with Gasteiger partial charge < -0.3 is 20.1 Å². The van der Waals surface area contributed by atoms with Crippen molar-refractivity contribution < 1.29 is 24.2 Å². The molecule has 0 fully saturated rings. The summed E-state index contributed by atoms with van der Waals surface area (Å²) in [6.45, 7) is 1.76. The molecule has 3 rings (SSSR count). The molecule has 1 amide bonds. The van der Waals surface area contributed by atoms with Crippen molar-refractivity contribution in [3.63, 3.8) is 0 Å². The number of ether oxygens (including phenoxy) is 1. The maximum atomic E-state index is 12.5. The average Bonchev–Trinajstić information content (AvgIpc) is 3.04. The van der Waals surface area contributed by atoms with Crippen LogP contribution < -0.4 is 10.2 Å². The molecule has 28 heavy (non-hydrogen) atoms. The number of carboxylic acid groups (broad SMARTS) is 1. The number of nitrogens with one attached hydrogen (secondary N) is 1. The van der Waals surface area contributed by atoms with Crippen LogP contribution in [0, 0.1) is 0 Å². The van der Waals surface area contributed by atoms with Crippen molar-refractivity contribution in [3.05, 3.63) is 70.9 Å². The first-order chi connectivity index (χ1) is 13.5. The van der Waals surface area contributed by atoms with Crippen LogP contribution in [0.15, 0.2) is 70.2 Å². The highest BCUT2D eigenvalue weighted by Gasteiger charge is 2.32. The maximum Gasteiger partial charge on any atom is 0.355 e. The van der Waals surface area contributed by atoms with Gasteiger partial charge in [0.1, 0.15) is 11.6 Å². The van der Waals surface area contributed by atoms with Crippen molar-refractivity contribution >= 4 is 35.3 Å². The van der Waals surface area contributed by atoms with Crippen LogP contribution in [0.4, 0.5) is 5.69 Å². The van der Waals surface area contributed by atoms with E-state index in [0.717, 1.165) is 4.90 Å². The summed E-state index contributed by atoms with van der Waals surface area (Å²) in [5.41, 5.74) is 0.724. The number of hydrogen-bond acceptors (Lipinski definition) is 6. The number of rotatable bonds is 6. The summed E-state index contributed by atoms with van der Waals surface area (Å²) in [4.78, 5) is 38.8. The van der Waals surface area contributed by atoms with Crippen LogP contribution in [0.25, 0.3) is 0 Å². The van der Waals surface area contributed by atoms with Crippen molar-refractivity contribution in [1.29, 1.82) is 0 Å². The van der Waals surface area contributed by atoms with Gasteiger partial charge in [0.2, 0.25) is 0 Å². The van der Waals surface area contributed by atoms with E-state index in [4.69, 9.17) is 4.74 Å². The van der Waals surface area contributed by atoms with E-state index < -0.39 is 17.8 Å². The number of carboxylic acids is 1. The molecule has 0 aliphatic carbocycles. The van der Waals surface area contributed by atoms with Crippen molar-refractivity contribution in [2.45, 2.75) is 11.8 Å². The van der Waals surface area contributed by atoms with E-state index in [1.807, 2.05) is 12.1 Å². The molecule has 0 bridgehead atoms. The van der Waals surface area contributed by atoms with E-state index >= 15 is 0 Å². The smallest absolute Gasteiger partial charge is 0.355 e. The van der Waals surface area contributed by atoms with E-state index in [1.165, 1.54) is 11.8 Å². The average molecular weight is 398 g/mol. The minimum absolute atomic E-state index is 0.162. The Bertz CT molecular complexity index is 943. The second kappa shape index (κ2) is 8.62. The van der Waals surface area contributed by atoms with Crippen LogP contribution in [0.1, 0.15) is 17.3 Å². The first-order valence-corrected chi connectivity index (χ1v) is 9.37. The third kappa shape index (κ3) is 4.17. The predicted molar refractivity (Wildman–Crippen MR) is 105 cm³/mol. The summed E-state index contributed by atoms with van der Waals surface area (Å²) in [6.07, 6.45) is 0. The zero-order valence-corrected chi connectivity index (χ0v) is 15.9. The molecule has 2 aromatic carbocycles. The van der Waals surface area contributed by atoms with E-state index in [9.17, 15) is 19.5 Å². The fourth-order valence-electron chi connectivity index (χ4n) is 2.69. The molecular formula is C20H18N2O5S. The molecular weight excluding hydrogens is 380 g/mol. The lowest BCUT2D eigenvalue weighted by atomic mass is 10.2. The number of thioether (sulfide) groups is 1. The minimum Gasteiger partial charge on any atom is -0.476 e. The summed E-state index contributed by atoms with van der Waals surface area (Å²) in [5, 5.41) is 12.5. The van der Waals surface area contributed by atoms with Crippen LogP contribution in [-0.2, 0) is 14.3 Å². The zero-order valence-electron chi connectivity index (χ0n) is 15.0. The van der Waals surface area contributed by atoms with Crippen molar-refractivity contribution in [2.75, 3.05) is 18.1 Å². The molecule has 0 atom stereocenters. The molecule has 8 heteroatoms. The van der Waals surface area contributed by atoms with E-state index in [0.29, 0.717) is 11.3 Å². The third-order valence-electron chi connectivity index (χ3n) is 3.90. The molecule has 0 spiro atoms. The van der Waals surface area contributed by atoms with E-state index in [2.05, 4.69) is 5.32 Å². The normalized spacial score (nSPS) is 14.2. The molecule has 2 N–H and O–H groups in total. The molecule has 7 nitrogen and oxygen atoms in total. The lowest BCUT2D eigenvalue weighted by molar-refractivity contribution is -0.141. The Morgan fingerprint density at radius 3 is 2.43 bits per heavy atom. The van der Waals surface area contributed by atoms with Gasteiger partial charge in [-0.25, -0.2) is 4.79 Å². The summed E-state index contributed by atoms with van der Waals surface area (Å²) in [5.74, 6) is -2.33. The molecule has 0 unspecified atom stereocenters. The number of carbonyl (C=O) groups excluding carboxylic acids is 2. The fraction of sp³-hybridized carbons (Fsp3) is 0.150. The van der Waals surface area contributed by atoms with Gasteiger partial charge in [0.15, 0.2) is 5.70 Å². The van der Waals surface area contributed by atoms with Crippen LogP contribution in [0.5, 0.6) is 0 Å². The zero-order chi connectivity index (χ0) is 20.1. The predicted octanol–water partition coefficient (Wildman–Crippen LogP) is 2.85. The van der Waals surface area contributed by atoms with Gasteiger partial charge in [-0.15, -0.1) is 0 Å². The topological polar surface area (TPSA) is 95.9 Å². The highest BCUT2D eigenvalue weighted by molar-refractivity contribution is 8.03. The number of benzene rings is 2. The fourth-order valence-corrected chi connectivity index (χ4v) is 3.84. The summed E-state index contributed by atoms with van der Waals surface area (Å²) >= 11 is 1.18. The van der Waals surface area contributed by atoms with Crippen LogP contribution >= 0.6 is 11.8 Å². The molecule has 1 aliphatic rings. The monoisotopic (exact) mass is 398 g/mol. The van der Waals surface area contributed by atoms with Crippen molar-refractivity contribution in [2.24, 2.45) is 0 Å². The number of anilines is 1. The van der Waals surface area contributed by atoms with Gasteiger partial charge in [0.25, 0.3) is 5.91 Å². The number of aliphatic carboxylic acids is 1. The molecule has 1 aliphatic heterocycles. The molecule has 0 saturated heterocycles. The number of hydrogen-bond donors (Lipinski definition) is 2. The Labute approximate surface area is 166 Å². The Kier molecular flexibility index (Phi) is 6.00. The standard InChI is InChI=1S/C20H18N2O5S/c1-2-27-16(23)12-22-14-10-6-7-11-15(14)28-19(22)17(20(25)26)21-18(24)13-8-4-3-5-9-13/h3-11H,2,12H2,1H3,(H,21,24)(H,25,26)/b19-17-. The van der Waals surface area contributed by atoms with Gasteiger partial charge in [-0.05, 0) is 31.2 Å².